The number of alkyl carbamates (subject to hydrolysis) is 1. The van der Waals surface area contributed by atoms with Gasteiger partial charge in [-0.15, -0.1) is 0 Å². The normalized spacial score (nSPS) is 16.5. The van der Waals surface area contributed by atoms with Gasteiger partial charge in [-0.05, 0) is 56.7 Å². The van der Waals surface area contributed by atoms with E-state index in [4.69, 9.17) is 9.47 Å². The number of ether oxygens (including phenoxy) is 2. The van der Waals surface area contributed by atoms with Crippen LogP contribution in [0.2, 0.25) is 0 Å². The fourth-order valence-electron chi connectivity index (χ4n) is 4.01. The van der Waals surface area contributed by atoms with Crippen molar-refractivity contribution in [2.75, 3.05) is 26.3 Å². The van der Waals surface area contributed by atoms with E-state index in [0.717, 1.165) is 18.7 Å². The van der Waals surface area contributed by atoms with E-state index in [1.807, 2.05) is 13.8 Å². The largest absolute Gasteiger partial charge is 0.494 e. The van der Waals surface area contributed by atoms with Gasteiger partial charge in [-0.2, -0.15) is 0 Å². The summed E-state index contributed by atoms with van der Waals surface area (Å²) >= 11 is 0. The Balaban J connectivity index is 2.04. The molecule has 0 bridgehead atoms. The number of amides is 1. The second kappa shape index (κ2) is 10.5. The van der Waals surface area contributed by atoms with Crippen molar-refractivity contribution in [3.8, 4) is 5.75 Å². The Kier molecular flexibility index (Phi) is 8.42. The van der Waals surface area contributed by atoms with E-state index in [9.17, 15) is 4.79 Å². The van der Waals surface area contributed by atoms with Gasteiger partial charge in [0.25, 0.3) is 0 Å². The molecule has 152 valence electrons. The molecule has 1 amide bonds. The van der Waals surface area contributed by atoms with E-state index in [1.54, 1.807) is 0 Å². The molecule has 0 saturated heterocycles. The molecular formula is C22H36N2O3. The third kappa shape index (κ3) is 5.86. The second-order valence-corrected chi connectivity index (χ2v) is 7.75. The van der Waals surface area contributed by atoms with E-state index in [2.05, 4.69) is 48.7 Å². The van der Waals surface area contributed by atoms with Gasteiger partial charge in [-0.1, -0.05) is 32.4 Å². The molecule has 1 saturated carbocycles. The summed E-state index contributed by atoms with van der Waals surface area (Å²) in [5.74, 6) is 1.54. The Morgan fingerprint density at radius 1 is 1.11 bits per heavy atom. The highest BCUT2D eigenvalue weighted by atomic mass is 16.5. The highest BCUT2D eigenvalue weighted by molar-refractivity contribution is 5.66. The predicted octanol–water partition coefficient (Wildman–Crippen LogP) is 4.26. The monoisotopic (exact) mass is 376 g/mol. The van der Waals surface area contributed by atoms with Gasteiger partial charge in [-0.25, -0.2) is 4.79 Å². The summed E-state index contributed by atoms with van der Waals surface area (Å²) in [5.41, 5.74) is 1.58. The van der Waals surface area contributed by atoms with Gasteiger partial charge in [0, 0.05) is 24.5 Å². The van der Waals surface area contributed by atoms with Crippen LogP contribution in [0.1, 0.15) is 58.9 Å². The number of nitrogens with one attached hydrogen (secondary N) is 2. The van der Waals surface area contributed by atoms with E-state index < -0.39 is 0 Å². The van der Waals surface area contributed by atoms with Crippen LogP contribution in [-0.4, -0.2) is 38.4 Å². The van der Waals surface area contributed by atoms with Crippen LogP contribution < -0.4 is 15.4 Å². The van der Waals surface area contributed by atoms with Gasteiger partial charge < -0.3 is 20.1 Å². The molecule has 1 aromatic rings. The van der Waals surface area contributed by atoms with Crippen molar-refractivity contribution < 1.29 is 14.3 Å². The minimum absolute atomic E-state index is 0.180. The average molecular weight is 377 g/mol. The Morgan fingerprint density at radius 3 is 2.33 bits per heavy atom. The average Bonchev–Trinajstić information content (AvgIpc) is 2.59. The summed E-state index contributed by atoms with van der Waals surface area (Å²) in [7, 11) is 0. The third-order valence-corrected chi connectivity index (χ3v) is 5.42. The summed E-state index contributed by atoms with van der Waals surface area (Å²) in [6, 6.07) is 9.04. The first-order chi connectivity index (χ1) is 13.0. The van der Waals surface area contributed by atoms with Crippen molar-refractivity contribution >= 4 is 6.09 Å². The fourth-order valence-corrected chi connectivity index (χ4v) is 4.01. The van der Waals surface area contributed by atoms with Gasteiger partial charge in [0.1, 0.15) is 5.75 Å². The Bertz CT molecular complexity index is 567. The molecule has 2 rings (SSSR count). The molecule has 1 atom stereocenters. The minimum atomic E-state index is -0.343. The second-order valence-electron chi connectivity index (χ2n) is 7.75. The molecule has 0 aliphatic heterocycles. The lowest BCUT2D eigenvalue weighted by Crippen LogP contribution is -2.54. The highest BCUT2D eigenvalue weighted by Crippen LogP contribution is 2.48. The molecule has 5 nitrogen and oxygen atoms in total. The van der Waals surface area contributed by atoms with Gasteiger partial charge in [0.15, 0.2) is 0 Å². The van der Waals surface area contributed by atoms with Crippen LogP contribution >= 0.6 is 0 Å². The number of carbonyl (C=O) groups is 1. The first-order valence-corrected chi connectivity index (χ1v) is 10.4. The highest BCUT2D eigenvalue weighted by Gasteiger charge is 2.45. The summed E-state index contributed by atoms with van der Waals surface area (Å²) < 4.78 is 10.5. The van der Waals surface area contributed by atoms with Crippen LogP contribution in [0.25, 0.3) is 0 Å². The van der Waals surface area contributed by atoms with Crippen LogP contribution in [0, 0.1) is 5.92 Å². The molecule has 0 aromatic heterocycles. The van der Waals surface area contributed by atoms with Crippen LogP contribution in [-0.2, 0) is 10.2 Å². The van der Waals surface area contributed by atoms with E-state index in [-0.39, 0.29) is 11.5 Å². The van der Waals surface area contributed by atoms with Gasteiger partial charge in [0.05, 0.1) is 13.2 Å². The van der Waals surface area contributed by atoms with Crippen molar-refractivity contribution in [1.29, 1.82) is 0 Å². The fraction of sp³-hybridized carbons (Fsp3) is 0.682. The number of rotatable bonds is 11. The van der Waals surface area contributed by atoms with Crippen molar-refractivity contribution in [2.24, 2.45) is 5.92 Å². The summed E-state index contributed by atoms with van der Waals surface area (Å²) in [6.07, 6.45) is 4.45. The number of benzene rings is 1. The molecular weight excluding hydrogens is 340 g/mol. The van der Waals surface area contributed by atoms with E-state index in [1.165, 1.54) is 24.8 Å². The van der Waals surface area contributed by atoms with Crippen molar-refractivity contribution in [3.63, 3.8) is 0 Å². The van der Waals surface area contributed by atoms with Crippen molar-refractivity contribution in [1.82, 2.24) is 10.6 Å². The number of hydrogen-bond donors (Lipinski definition) is 2. The third-order valence-electron chi connectivity index (χ3n) is 5.42. The zero-order valence-electron chi connectivity index (χ0n) is 17.3. The van der Waals surface area contributed by atoms with Crippen molar-refractivity contribution in [3.05, 3.63) is 29.8 Å². The predicted molar refractivity (Wildman–Crippen MR) is 109 cm³/mol. The van der Waals surface area contributed by atoms with E-state index >= 15 is 0 Å². The molecule has 0 radical (unpaired) electrons. The first-order valence-electron chi connectivity index (χ1n) is 10.4. The smallest absolute Gasteiger partial charge is 0.407 e. The number of carbonyl (C=O) groups excluding carboxylic acids is 1. The van der Waals surface area contributed by atoms with Crippen LogP contribution in [0.5, 0.6) is 5.75 Å². The summed E-state index contributed by atoms with van der Waals surface area (Å²) in [6.45, 7) is 10.8. The molecule has 1 aliphatic rings. The summed E-state index contributed by atoms with van der Waals surface area (Å²) in [5, 5.41) is 6.53. The first kappa shape index (κ1) is 21.5. The molecule has 1 aromatic carbocycles. The molecule has 5 heteroatoms. The van der Waals surface area contributed by atoms with Gasteiger partial charge in [0.2, 0.25) is 0 Å². The lowest BCUT2D eigenvalue weighted by Gasteiger charge is -2.49. The Labute approximate surface area is 164 Å². The van der Waals surface area contributed by atoms with Crippen LogP contribution in [0.15, 0.2) is 24.3 Å². The molecule has 1 fully saturated rings. The lowest BCUT2D eigenvalue weighted by molar-refractivity contribution is 0.145. The maximum Gasteiger partial charge on any atom is 0.407 e. The van der Waals surface area contributed by atoms with E-state index in [0.29, 0.717) is 31.7 Å². The van der Waals surface area contributed by atoms with Crippen molar-refractivity contribution in [2.45, 2.75) is 64.8 Å². The van der Waals surface area contributed by atoms with Crippen LogP contribution in [0.3, 0.4) is 0 Å². The standard InChI is InChI=1S/C22H36N2O3/c1-5-26-19-10-8-18(9-11-19)22(12-7-13-22)20(16-17(3)4)23-14-15-24-21(25)27-6-2/h8-11,17,20,23H,5-7,12-16H2,1-4H3,(H,24,25)/t20-/m1/s1. The Hall–Kier alpha value is -1.75. The molecule has 2 N–H and O–H groups in total. The SMILES string of the molecule is CCOC(=O)NCCN[C@H](CC(C)C)C1(c2ccc(OCC)cc2)CCC1. The quantitative estimate of drug-likeness (QED) is 0.567. The molecule has 0 heterocycles. The zero-order valence-corrected chi connectivity index (χ0v) is 17.3. The zero-order chi connectivity index (χ0) is 19.7. The maximum absolute atomic E-state index is 11.5. The molecule has 0 unspecified atom stereocenters. The van der Waals surface area contributed by atoms with Gasteiger partial charge in [-0.3, -0.25) is 0 Å². The lowest BCUT2D eigenvalue weighted by atomic mass is 9.59. The number of hydrogen-bond acceptors (Lipinski definition) is 4. The van der Waals surface area contributed by atoms with Gasteiger partial charge >= 0.3 is 6.09 Å². The topological polar surface area (TPSA) is 59.6 Å². The maximum atomic E-state index is 11.5. The minimum Gasteiger partial charge on any atom is -0.494 e. The summed E-state index contributed by atoms with van der Waals surface area (Å²) in [4.78, 5) is 11.5. The molecule has 0 spiro atoms. The van der Waals surface area contributed by atoms with Crippen LogP contribution in [0.4, 0.5) is 4.79 Å². The molecule has 27 heavy (non-hydrogen) atoms. The molecule has 1 aliphatic carbocycles. The Morgan fingerprint density at radius 2 is 1.81 bits per heavy atom.